The van der Waals surface area contributed by atoms with Crippen LogP contribution in [0, 0.1) is 0 Å². The Morgan fingerprint density at radius 2 is 1.83 bits per heavy atom. The van der Waals surface area contributed by atoms with E-state index in [1.807, 2.05) is 0 Å². The van der Waals surface area contributed by atoms with Gasteiger partial charge in [0.1, 0.15) is 5.54 Å². The molecule has 100 valence electrons. The Labute approximate surface area is 107 Å². The van der Waals surface area contributed by atoms with Crippen LogP contribution in [0.3, 0.4) is 0 Å². The molecular weight excluding hydrogens is 254 g/mol. The van der Waals surface area contributed by atoms with Crippen molar-refractivity contribution in [3.8, 4) is 0 Å². The molecule has 0 amide bonds. The van der Waals surface area contributed by atoms with Crippen LogP contribution < -0.4 is 5.73 Å². The average Bonchev–Trinajstić information content (AvgIpc) is 2.28. The van der Waals surface area contributed by atoms with Gasteiger partial charge in [-0.15, -0.1) is 0 Å². The van der Waals surface area contributed by atoms with E-state index in [0.29, 0.717) is 5.56 Å². The number of hydrogen-bond acceptors (Lipinski definition) is 5. The molecule has 0 radical (unpaired) electrons. The summed E-state index contributed by atoms with van der Waals surface area (Å²) in [5.74, 6) is -0.544. The number of sulfone groups is 1. The zero-order valence-corrected chi connectivity index (χ0v) is 11.5. The summed E-state index contributed by atoms with van der Waals surface area (Å²) in [5, 5.41) is 0. The van der Waals surface area contributed by atoms with Crippen LogP contribution in [-0.4, -0.2) is 27.2 Å². The number of nitrogens with two attached hydrogens (primary N) is 1. The molecule has 0 aliphatic heterocycles. The maximum Gasteiger partial charge on any atom is 0.330 e. The molecule has 1 rings (SSSR count). The number of carbonyl (C=O) groups is 1. The Balaban J connectivity index is 3.08. The Kier molecular flexibility index (Phi) is 4.13. The highest BCUT2D eigenvalue weighted by Crippen LogP contribution is 2.21. The van der Waals surface area contributed by atoms with Gasteiger partial charge in [-0.05, 0) is 31.5 Å². The second kappa shape index (κ2) is 5.07. The van der Waals surface area contributed by atoms with E-state index in [4.69, 9.17) is 10.5 Å². The molecule has 1 unspecified atom stereocenters. The first-order valence-corrected chi connectivity index (χ1v) is 7.35. The molecule has 0 saturated heterocycles. The first-order chi connectivity index (χ1) is 8.19. The summed E-state index contributed by atoms with van der Waals surface area (Å²) in [5.41, 5.74) is 5.12. The van der Waals surface area contributed by atoms with E-state index in [1.165, 1.54) is 31.2 Å². The summed E-state index contributed by atoms with van der Waals surface area (Å²) < 4.78 is 27.5. The lowest BCUT2D eigenvalue weighted by Crippen LogP contribution is -2.43. The van der Waals surface area contributed by atoms with E-state index < -0.39 is 21.3 Å². The highest BCUT2D eigenvalue weighted by molar-refractivity contribution is 7.90. The normalized spacial score (nSPS) is 14.9. The van der Waals surface area contributed by atoms with E-state index in [0.717, 1.165) is 6.26 Å². The molecule has 18 heavy (non-hydrogen) atoms. The van der Waals surface area contributed by atoms with Crippen molar-refractivity contribution >= 4 is 15.8 Å². The molecule has 6 heteroatoms. The topological polar surface area (TPSA) is 86.5 Å². The lowest BCUT2D eigenvalue weighted by Gasteiger charge is -2.22. The minimum absolute atomic E-state index is 0.186. The van der Waals surface area contributed by atoms with Crippen molar-refractivity contribution in [1.82, 2.24) is 0 Å². The van der Waals surface area contributed by atoms with Crippen molar-refractivity contribution in [2.45, 2.75) is 24.3 Å². The molecule has 0 heterocycles. The highest BCUT2D eigenvalue weighted by atomic mass is 32.2. The van der Waals surface area contributed by atoms with Crippen molar-refractivity contribution in [3.63, 3.8) is 0 Å². The summed E-state index contributed by atoms with van der Waals surface area (Å²) >= 11 is 0. The van der Waals surface area contributed by atoms with Crippen molar-refractivity contribution in [1.29, 1.82) is 0 Å². The smallest absolute Gasteiger partial charge is 0.330 e. The number of esters is 1. The van der Waals surface area contributed by atoms with Gasteiger partial charge in [-0.25, -0.2) is 13.2 Å². The molecule has 0 bridgehead atoms. The number of carbonyl (C=O) groups excluding carboxylic acids is 1. The SMILES string of the molecule is CCOC(=O)C(C)(N)c1ccc(S(C)(=O)=O)cc1. The number of ether oxygens (including phenoxy) is 1. The Bertz CT molecular complexity index is 532. The van der Waals surface area contributed by atoms with E-state index in [-0.39, 0.29) is 11.5 Å². The highest BCUT2D eigenvalue weighted by Gasteiger charge is 2.32. The second-order valence-electron chi connectivity index (χ2n) is 4.22. The van der Waals surface area contributed by atoms with Crippen molar-refractivity contribution < 1.29 is 17.9 Å². The first kappa shape index (κ1) is 14.7. The lowest BCUT2D eigenvalue weighted by molar-refractivity contribution is -0.149. The molecule has 0 aliphatic carbocycles. The molecule has 0 saturated carbocycles. The molecule has 0 aromatic heterocycles. The molecule has 1 aromatic rings. The van der Waals surface area contributed by atoms with E-state index in [2.05, 4.69) is 0 Å². The molecular formula is C12H17NO4S. The average molecular weight is 271 g/mol. The fraction of sp³-hybridized carbons (Fsp3) is 0.417. The maximum atomic E-state index is 11.7. The number of rotatable bonds is 4. The van der Waals surface area contributed by atoms with Gasteiger partial charge in [0.25, 0.3) is 0 Å². The molecule has 2 N–H and O–H groups in total. The Morgan fingerprint density at radius 1 is 1.33 bits per heavy atom. The summed E-state index contributed by atoms with van der Waals surface area (Å²) in [6.07, 6.45) is 1.12. The van der Waals surface area contributed by atoms with E-state index >= 15 is 0 Å². The summed E-state index contributed by atoms with van der Waals surface area (Å²) in [6, 6.07) is 5.89. The van der Waals surface area contributed by atoms with Gasteiger partial charge in [-0.3, -0.25) is 0 Å². The quantitative estimate of drug-likeness (QED) is 0.820. The number of hydrogen-bond donors (Lipinski definition) is 1. The molecule has 0 spiro atoms. The van der Waals surface area contributed by atoms with Crippen molar-refractivity contribution in [2.24, 2.45) is 5.73 Å². The van der Waals surface area contributed by atoms with Gasteiger partial charge in [-0.1, -0.05) is 12.1 Å². The molecule has 1 atom stereocenters. The first-order valence-electron chi connectivity index (χ1n) is 5.46. The lowest BCUT2D eigenvalue weighted by atomic mass is 9.93. The third-order valence-electron chi connectivity index (χ3n) is 2.58. The minimum Gasteiger partial charge on any atom is -0.464 e. The Hall–Kier alpha value is -1.40. The second-order valence-corrected chi connectivity index (χ2v) is 6.24. The zero-order valence-electron chi connectivity index (χ0n) is 10.6. The van der Waals surface area contributed by atoms with Gasteiger partial charge in [0, 0.05) is 6.26 Å². The molecule has 0 aliphatic rings. The van der Waals surface area contributed by atoms with Gasteiger partial charge < -0.3 is 10.5 Å². The van der Waals surface area contributed by atoms with Gasteiger partial charge >= 0.3 is 5.97 Å². The monoisotopic (exact) mass is 271 g/mol. The van der Waals surface area contributed by atoms with Crippen LogP contribution in [0.25, 0.3) is 0 Å². The van der Waals surface area contributed by atoms with Crippen LogP contribution in [0.4, 0.5) is 0 Å². The van der Waals surface area contributed by atoms with E-state index in [1.54, 1.807) is 6.92 Å². The van der Waals surface area contributed by atoms with Gasteiger partial charge in [0.2, 0.25) is 0 Å². The molecule has 0 fully saturated rings. The van der Waals surface area contributed by atoms with E-state index in [9.17, 15) is 13.2 Å². The Morgan fingerprint density at radius 3 is 2.22 bits per heavy atom. The minimum atomic E-state index is -3.25. The van der Waals surface area contributed by atoms with Gasteiger partial charge in [0.15, 0.2) is 9.84 Å². The van der Waals surface area contributed by atoms with Crippen molar-refractivity contribution in [3.05, 3.63) is 29.8 Å². The number of benzene rings is 1. The largest absolute Gasteiger partial charge is 0.464 e. The van der Waals surface area contributed by atoms with Crippen LogP contribution in [0.2, 0.25) is 0 Å². The van der Waals surface area contributed by atoms with Gasteiger partial charge in [0.05, 0.1) is 11.5 Å². The standard InChI is InChI=1S/C12H17NO4S/c1-4-17-11(14)12(2,13)9-5-7-10(8-6-9)18(3,15)16/h5-8H,4,13H2,1-3H3. The maximum absolute atomic E-state index is 11.7. The molecule has 1 aromatic carbocycles. The summed E-state index contributed by atoms with van der Waals surface area (Å²) in [6.45, 7) is 3.47. The van der Waals surface area contributed by atoms with Crippen LogP contribution in [0.15, 0.2) is 29.2 Å². The van der Waals surface area contributed by atoms with Crippen LogP contribution in [-0.2, 0) is 24.9 Å². The fourth-order valence-electron chi connectivity index (χ4n) is 1.45. The van der Waals surface area contributed by atoms with Crippen LogP contribution in [0.1, 0.15) is 19.4 Å². The van der Waals surface area contributed by atoms with Gasteiger partial charge in [-0.2, -0.15) is 0 Å². The summed E-state index contributed by atoms with van der Waals surface area (Å²) in [4.78, 5) is 11.9. The van der Waals surface area contributed by atoms with Crippen molar-refractivity contribution in [2.75, 3.05) is 12.9 Å². The molecule has 5 nitrogen and oxygen atoms in total. The fourth-order valence-corrected chi connectivity index (χ4v) is 2.08. The predicted molar refractivity (Wildman–Crippen MR) is 67.7 cm³/mol. The third kappa shape index (κ3) is 3.08. The predicted octanol–water partition coefficient (Wildman–Crippen LogP) is 0.827. The van der Waals surface area contributed by atoms with Crippen LogP contribution >= 0.6 is 0 Å². The third-order valence-corrected chi connectivity index (χ3v) is 3.71. The zero-order chi connectivity index (χ0) is 14.0. The van der Waals surface area contributed by atoms with Crippen LogP contribution in [0.5, 0.6) is 0 Å². The summed E-state index contributed by atoms with van der Waals surface area (Å²) in [7, 11) is -3.25.